The summed E-state index contributed by atoms with van der Waals surface area (Å²) in [6.07, 6.45) is 1.65. The Hall–Kier alpha value is -1.30. The number of nitrogens with one attached hydrogen (secondary N) is 2. The molecule has 0 radical (unpaired) electrons. The fourth-order valence-corrected chi connectivity index (χ4v) is 3.09. The number of hydrogen-bond donors (Lipinski definition) is 2. The van der Waals surface area contributed by atoms with E-state index in [-0.39, 0.29) is 18.3 Å². The Morgan fingerprint density at radius 3 is 2.71 bits per heavy atom. The number of ether oxygens (including phenoxy) is 1. The highest BCUT2D eigenvalue weighted by atomic mass is 35.5. The topological polar surface area (TPSA) is 53.6 Å². The van der Waals surface area contributed by atoms with Gasteiger partial charge in [-0.25, -0.2) is 0 Å². The van der Waals surface area contributed by atoms with Crippen molar-refractivity contribution in [1.82, 2.24) is 5.32 Å². The van der Waals surface area contributed by atoms with Crippen molar-refractivity contribution < 1.29 is 9.53 Å². The molecule has 6 heteroatoms. The lowest BCUT2D eigenvalue weighted by Crippen LogP contribution is -2.61. The third kappa shape index (κ3) is 2.86. The standard InChI is InChI=1S/C15H21N3O2.ClH/c1-20-11-10-18-13-5-3-2-4-12(13)17-15(14(18)19)6-8-16-9-7-15;/h2-5,16-17H,6-11H2,1H3;1H. The summed E-state index contributed by atoms with van der Waals surface area (Å²) in [6.45, 7) is 2.90. The molecule has 21 heavy (non-hydrogen) atoms. The van der Waals surface area contributed by atoms with E-state index < -0.39 is 5.54 Å². The minimum absolute atomic E-state index is 0. The van der Waals surface area contributed by atoms with E-state index in [4.69, 9.17) is 4.74 Å². The number of hydrogen-bond acceptors (Lipinski definition) is 4. The van der Waals surface area contributed by atoms with Crippen LogP contribution in [0, 0.1) is 0 Å². The monoisotopic (exact) mass is 311 g/mol. The summed E-state index contributed by atoms with van der Waals surface area (Å²) in [4.78, 5) is 14.8. The smallest absolute Gasteiger partial charge is 0.252 e. The molecule has 0 aromatic heterocycles. The van der Waals surface area contributed by atoms with E-state index in [0.717, 1.165) is 37.3 Å². The van der Waals surface area contributed by atoms with Gasteiger partial charge < -0.3 is 20.3 Å². The third-order valence-electron chi connectivity index (χ3n) is 4.20. The average molecular weight is 312 g/mol. The molecular formula is C15H22ClN3O2. The molecular weight excluding hydrogens is 290 g/mol. The second-order valence-corrected chi connectivity index (χ2v) is 5.42. The van der Waals surface area contributed by atoms with E-state index >= 15 is 0 Å². The fourth-order valence-electron chi connectivity index (χ4n) is 3.09. The van der Waals surface area contributed by atoms with Gasteiger partial charge in [0.2, 0.25) is 0 Å². The lowest BCUT2D eigenvalue weighted by molar-refractivity contribution is -0.124. The minimum atomic E-state index is -0.451. The molecule has 1 amide bonds. The maximum absolute atomic E-state index is 13.0. The van der Waals surface area contributed by atoms with Gasteiger partial charge in [-0.3, -0.25) is 4.79 Å². The van der Waals surface area contributed by atoms with E-state index in [1.165, 1.54) is 0 Å². The Labute approximate surface area is 131 Å². The van der Waals surface area contributed by atoms with Crippen LogP contribution in [0.1, 0.15) is 12.8 Å². The van der Waals surface area contributed by atoms with Crippen LogP contribution in [0.25, 0.3) is 0 Å². The van der Waals surface area contributed by atoms with Gasteiger partial charge in [-0.15, -0.1) is 12.4 Å². The van der Waals surface area contributed by atoms with Gasteiger partial charge in [0.05, 0.1) is 18.0 Å². The largest absolute Gasteiger partial charge is 0.383 e. The zero-order valence-electron chi connectivity index (χ0n) is 12.2. The molecule has 3 rings (SSSR count). The van der Waals surface area contributed by atoms with Crippen molar-refractivity contribution in [2.75, 3.05) is 43.6 Å². The number of piperidine rings is 1. The quantitative estimate of drug-likeness (QED) is 0.891. The SMILES string of the molecule is COCCN1C(=O)C2(CCNCC2)Nc2ccccc21.Cl. The molecule has 0 aliphatic carbocycles. The molecule has 1 spiro atoms. The van der Waals surface area contributed by atoms with Crippen LogP contribution in [-0.2, 0) is 9.53 Å². The maximum atomic E-state index is 13.0. The molecule has 0 atom stereocenters. The van der Waals surface area contributed by atoms with Gasteiger partial charge in [0, 0.05) is 13.7 Å². The van der Waals surface area contributed by atoms with Crippen LogP contribution in [0.3, 0.4) is 0 Å². The molecule has 1 saturated heterocycles. The average Bonchev–Trinajstić information content (AvgIpc) is 2.49. The Bertz CT molecular complexity index is 503. The minimum Gasteiger partial charge on any atom is -0.383 e. The number of benzene rings is 1. The number of fused-ring (bicyclic) bond motifs is 1. The number of halogens is 1. The van der Waals surface area contributed by atoms with Crippen molar-refractivity contribution >= 4 is 29.7 Å². The lowest BCUT2D eigenvalue weighted by Gasteiger charge is -2.45. The number of para-hydroxylation sites is 2. The van der Waals surface area contributed by atoms with E-state index in [1.54, 1.807) is 7.11 Å². The van der Waals surface area contributed by atoms with E-state index in [2.05, 4.69) is 10.6 Å². The Kier molecular flexibility index (Phi) is 5.08. The molecule has 1 aromatic carbocycles. The first-order valence-corrected chi connectivity index (χ1v) is 7.16. The van der Waals surface area contributed by atoms with Gasteiger partial charge in [0.1, 0.15) is 5.54 Å². The molecule has 2 heterocycles. The van der Waals surface area contributed by atoms with Crippen LogP contribution in [0.5, 0.6) is 0 Å². The highest BCUT2D eigenvalue weighted by molar-refractivity contribution is 6.08. The molecule has 0 bridgehead atoms. The predicted molar refractivity (Wildman–Crippen MR) is 86.4 cm³/mol. The summed E-state index contributed by atoms with van der Waals surface area (Å²) < 4.78 is 5.16. The number of rotatable bonds is 3. The van der Waals surface area contributed by atoms with Crippen molar-refractivity contribution in [3.8, 4) is 0 Å². The zero-order valence-corrected chi connectivity index (χ0v) is 13.0. The van der Waals surface area contributed by atoms with Gasteiger partial charge in [0.15, 0.2) is 0 Å². The summed E-state index contributed by atoms with van der Waals surface area (Å²) in [6, 6.07) is 8.01. The summed E-state index contributed by atoms with van der Waals surface area (Å²) in [5, 5.41) is 6.82. The number of nitrogens with zero attached hydrogens (tertiary/aromatic N) is 1. The second-order valence-electron chi connectivity index (χ2n) is 5.42. The van der Waals surface area contributed by atoms with Crippen LogP contribution < -0.4 is 15.5 Å². The van der Waals surface area contributed by atoms with Gasteiger partial charge in [-0.05, 0) is 38.1 Å². The van der Waals surface area contributed by atoms with Crippen molar-refractivity contribution in [3.63, 3.8) is 0 Å². The molecule has 5 nitrogen and oxygen atoms in total. The number of carbonyl (C=O) groups excluding carboxylic acids is 1. The number of carbonyl (C=O) groups is 1. The summed E-state index contributed by atoms with van der Waals surface area (Å²) in [5.74, 6) is 0.176. The lowest BCUT2D eigenvalue weighted by atomic mass is 9.84. The van der Waals surface area contributed by atoms with Crippen molar-refractivity contribution in [2.45, 2.75) is 18.4 Å². The van der Waals surface area contributed by atoms with Crippen LogP contribution in [-0.4, -0.2) is 44.8 Å². The number of anilines is 2. The van der Waals surface area contributed by atoms with Crippen LogP contribution in [0.15, 0.2) is 24.3 Å². The molecule has 2 aliphatic rings. The molecule has 116 valence electrons. The molecule has 1 aromatic rings. The van der Waals surface area contributed by atoms with Crippen molar-refractivity contribution in [2.24, 2.45) is 0 Å². The van der Waals surface area contributed by atoms with Crippen LogP contribution >= 0.6 is 12.4 Å². The van der Waals surface area contributed by atoms with Crippen molar-refractivity contribution in [3.05, 3.63) is 24.3 Å². The highest BCUT2D eigenvalue weighted by Gasteiger charge is 2.46. The van der Waals surface area contributed by atoms with Crippen LogP contribution in [0.2, 0.25) is 0 Å². The number of methoxy groups -OCH3 is 1. The normalized spacial score (nSPS) is 19.7. The third-order valence-corrected chi connectivity index (χ3v) is 4.20. The Balaban J connectivity index is 0.00000161. The first-order valence-electron chi connectivity index (χ1n) is 7.16. The van der Waals surface area contributed by atoms with Gasteiger partial charge in [0.25, 0.3) is 5.91 Å². The Morgan fingerprint density at radius 2 is 2.00 bits per heavy atom. The molecule has 1 fully saturated rings. The number of amides is 1. The zero-order chi connectivity index (χ0) is 14.0. The van der Waals surface area contributed by atoms with Crippen LogP contribution in [0.4, 0.5) is 11.4 Å². The Morgan fingerprint density at radius 1 is 1.29 bits per heavy atom. The van der Waals surface area contributed by atoms with Gasteiger partial charge in [-0.1, -0.05) is 12.1 Å². The predicted octanol–water partition coefficient (Wildman–Crippen LogP) is 1.64. The van der Waals surface area contributed by atoms with E-state index in [1.807, 2.05) is 29.2 Å². The summed E-state index contributed by atoms with van der Waals surface area (Å²) in [7, 11) is 1.67. The van der Waals surface area contributed by atoms with Crippen molar-refractivity contribution in [1.29, 1.82) is 0 Å². The molecule has 0 unspecified atom stereocenters. The summed E-state index contributed by atoms with van der Waals surface area (Å²) in [5.41, 5.74) is 1.55. The first-order chi connectivity index (χ1) is 9.77. The van der Waals surface area contributed by atoms with E-state index in [0.29, 0.717) is 13.2 Å². The summed E-state index contributed by atoms with van der Waals surface area (Å²) >= 11 is 0. The first kappa shape index (κ1) is 16.1. The molecule has 2 N–H and O–H groups in total. The fraction of sp³-hybridized carbons (Fsp3) is 0.533. The van der Waals surface area contributed by atoms with Gasteiger partial charge >= 0.3 is 0 Å². The molecule has 0 saturated carbocycles. The van der Waals surface area contributed by atoms with Gasteiger partial charge in [-0.2, -0.15) is 0 Å². The molecule has 2 aliphatic heterocycles. The maximum Gasteiger partial charge on any atom is 0.252 e. The van der Waals surface area contributed by atoms with E-state index in [9.17, 15) is 4.79 Å². The second kappa shape index (κ2) is 6.64. The highest BCUT2D eigenvalue weighted by Crippen LogP contribution is 2.38.